The first-order valence-electron chi connectivity index (χ1n) is 5.60. The van der Waals surface area contributed by atoms with Crippen molar-refractivity contribution in [2.75, 3.05) is 11.1 Å². The summed E-state index contributed by atoms with van der Waals surface area (Å²) in [6.07, 6.45) is 3.20. The van der Waals surface area contributed by atoms with Crippen molar-refractivity contribution in [3.63, 3.8) is 0 Å². The molecule has 0 aliphatic heterocycles. The third-order valence-electron chi connectivity index (χ3n) is 2.23. The summed E-state index contributed by atoms with van der Waals surface area (Å²) >= 11 is 2.61. The van der Waals surface area contributed by atoms with Crippen LogP contribution < -0.4 is 5.32 Å². The molecule has 0 saturated carbocycles. The summed E-state index contributed by atoms with van der Waals surface area (Å²) in [7, 11) is 0. The zero-order valence-corrected chi connectivity index (χ0v) is 11.7. The fourth-order valence-corrected chi connectivity index (χ4v) is 2.55. The molecule has 0 fully saturated rings. The smallest absolute Gasteiger partial charge is 0.236 e. The zero-order chi connectivity index (χ0) is 13.8. The quantitative estimate of drug-likeness (QED) is 0.702. The molecule has 3 rings (SSSR count). The van der Waals surface area contributed by atoms with E-state index in [0.29, 0.717) is 21.9 Å². The predicted molar refractivity (Wildman–Crippen MR) is 75.6 cm³/mol. The second kappa shape index (κ2) is 5.88. The van der Waals surface area contributed by atoms with Gasteiger partial charge in [-0.1, -0.05) is 11.8 Å². The SMILES string of the molecule is O=C(CSc1n[nH]c(-c2ccco2)n1)Nc1nccs1. The lowest BCUT2D eigenvalue weighted by Gasteiger charge is -1.98. The Morgan fingerprint density at radius 2 is 2.50 bits per heavy atom. The number of thiazole rings is 1. The minimum Gasteiger partial charge on any atom is -0.461 e. The van der Waals surface area contributed by atoms with E-state index in [1.807, 2.05) is 0 Å². The van der Waals surface area contributed by atoms with Gasteiger partial charge in [0.1, 0.15) is 0 Å². The number of aromatic nitrogens is 4. The summed E-state index contributed by atoms with van der Waals surface area (Å²) in [4.78, 5) is 19.9. The molecular weight excluding hydrogens is 298 g/mol. The molecule has 0 radical (unpaired) electrons. The molecule has 3 heterocycles. The van der Waals surface area contributed by atoms with Crippen LogP contribution in [0, 0.1) is 0 Å². The number of amides is 1. The van der Waals surface area contributed by atoms with E-state index in [2.05, 4.69) is 25.5 Å². The topological polar surface area (TPSA) is 96.7 Å². The van der Waals surface area contributed by atoms with E-state index in [9.17, 15) is 4.79 Å². The summed E-state index contributed by atoms with van der Waals surface area (Å²) in [5.41, 5.74) is 0. The number of nitrogens with zero attached hydrogens (tertiary/aromatic N) is 3. The highest BCUT2D eigenvalue weighted by molar-refractivity contribution is 7.99. The van der Waals surface area contributed by atoms with Crippen molar-refractivity contribution in [2.24, 2.45) is 0 Å². The van der Waals surface area contributed by atoms with Gasteiger partial charge in [0.15, 0.2) is 16.7 Å². The summed E-state index contributed by atoms with van der Waals surface area (Å²) in [6, 6.07) is 3.55. The van der Waals surface area contributed by atoms with Crippen LogP contribution in [0.3, 0.4) is 0 Å². The van der Waals surface area contributed by atoms with Gasteiger partial charge < -0.3 is 9.73 Å². The van der Waals surface area contributed by atoms with Crippen LogP contribution in [0.1, 0.15) is 0 Å². The number of aromatic amines is 1. The fraction of sp³-hybridized carbons (Fsp3) is 0.0909. The van der Waals surface area contributed by atoms with Crippen LogP contribution in [0.5, 0.6) is 0 Å². The molecule has 0 aliphatic carbocycles. The van der Waals surface area contributed by atoms with Crippen molar-refractivity contribution >= 4 is 34.1 Å². The number of carbonyl (C=O) groups is 1. The summed E-state index contributed by atoms with van der Waals surface area (Å²) in [5.74, 6) is 1.22. The molecule has 0 aromatic carbocycles. The summed E-state index contributed by atoms with van der Waals surface area (Å²) in [5, 5.41) is 12.3. The first kappa shape index (κ1) is 12.9. The highest BCUT2D eigenvalue weighted by atomic mass is 32.2. The molecule has 0 bridgehead atoms. The molecule has 7 nitrogen and oxygen atoms in total. The summed E-state index contributed by atoms with van der Waals surface area (Å²) in [6.45, 7) is 0. The van der Waals surface area contributed by atoms with E-state index in [4.69, 9.17) is 4.42 Å². The molecule has 102 valence electrons. The van der Waals surface area contributed by atoms with Crippen LogP contribution in [0.15, 0.2) is 39.5 Å². The van der Waals surface area contributed by atoms with Crippen molar-refractivity contribution in [1.82, 2.24) is 20.2 Å². The molecule has 1 amide bonds. The first-order chi connectivity index (χ1) is 9.81. The van der Waals surface area contributed by atoms with Gasteiger partial charge in [-0.3, -0.25) is 9.89 Å². The second-order valence-electron chi connectivity index (χ2n) is 3.62. The number of furan rings is 1. The van der Waals surface area contributed by atoms with Gasteiger partial charge in [-0.25, -0.2) is 4.98 Å². The number of thioether (sulfide) groups is 1. The third-order valence-corrected chi connectivity index (χ3v) is 3.77. The Morgan fingerprint density at radius 1 is 1.55 bits per heavy atom. The van der Waals surface area contributed by atoms with Crippen molar-refractivity contribution in [2.45, 2.75) is 5.16 Å². The number of anilines is 1. The number of H-pyrrole nitrogens is 1. The number of nitrogens with one attached hydrogen (secondary N) is 2. The van der Waals surface area contributed by atoms with Gasteiger partial charge in [0.2, 0.25) is 11.1 Å². The molecule has 9 heteroatoms. The normalized spacial score (nSPS) is 10.6. The van der Waals surface area contributed by atoms with E-state index in [0.717, 1.165) is 0 Å². The highest BCUT2D eigenvalue weighted by Gasteiger charge is 2.11. The molecule has 20 heavy (non-hydrogen) atoms. The lowest BCUT2D eigenvalue weighted by molar-refractivity contribution is -0.113. The standard InChI is InChI=1S/C11H9N5O2S2/c17-8(13-10-12-3-5-19-10)6-20-11-14-9(15-16-11)7-2-1-4-18-7/h1-5H,6H2,(H,12,13,17)(H,14,15,16). The van der Waals surface area contributed by atoms with Crippen LogP contribution in [0.4, 0.5) is 5.13 Å². The lowest BCUT2D eigenvalue weighted by Crippen LogP contribution is -2.13. The molecule has 3 aromatic heterocycles. The fourth-order valence-electron chi connectivity index (χ4n) is 1.41. The number of hydrogen-bond donors (Lipinski definition) is 2. The first-order valence-corrected chi connectivity index (χ1v) is 7.46. The summed E-state index contributed by atoms with van der Waals surface area (Å²) < 4.78 is 5.20. The van der Waals surface area contributed by atoms with Crippen LogP contribution in [0.25, 0.3) is 11.6 Å². The average molecular weight is 307 g/mol. The van der Waals surface area contributed by atoms with Crippen molar-refractivity contribution < 1.29 is 9.21 Å². The highest BCUT2D eigenvalue weighted by Crippen LogP contribution is 2.19. The molecule has 0 spiro atoms. The van der Waals surface area contributed by atoms with Gasteiger partial charge >= 0.3 is 0 Å². The monoisotopic (exact) mass is 307 g/mol. The minimum atomic E-state index is -0.144. The van der Waals surface area contributed by atoms with Crippen molar-refractivity contribution in [3.8, 4) is 11.6 Å². The molecule has 0 atom stereocenters. The van der Waals surface area contributed by atoms with Crippen LogP contribution in [-0.4, -0.2) is 31.8 Å². The van der Waals surface area contributed by atoms with E-state index in [-0.39, 0.29) is 11.7 Å². The van der Waals surface area contributed by atoms with Gasteiger partial charge in [-0.2, -0.15) is 4.98 Å². The maximum Gasteiger partial charge on any atom is 0.236 e. The Morgan fingerprint density at radius 3 is 3.25 bits per heavy atom. The van der Waals surface area contributed by atoms with Crippen LogP contribution >= 0.6 is 23.1 Å². The van der Waals surface area contributed by atoms with Gasteiger partial charge in [-0.05, 0) is 12.1 Å². The number of carbonyl (C=O) groups excluding carboxylic acids is 1. The van der Waals surface area contributed by atoms with Gasteiger partial charge in [-0.15, -0.1) is 16.4 Å². The molecule has 2 N–H and O–H groups in total. The van der Waals surface area contributed by atoms with E-state index >= 15 is 0 Å². The van der Waals surface area contributed by atoms with Gasteiger partial charge in [0.05, 0.1) is 12.0 Å². The minimum absolute atomic E-state index is 0.144. The molecule has 0 unspecified atom stereocenters. The lowest BCUT2D eigenvalue weighted by atomic mass is 10.4. The molecule has 0 aliphatic rings. The Bertz CT molecular complexity index is 678. The van der Waals surface area contributed by atoms with Gasteiger partial charge in [0.25, 0.3) is 0 Å². The van der Waals surface area contributed by atoms with E-state index in [1.165, 1.54) is 23.1 Å². The maximum absolute atomic E-state index is 11.7. The Balaban J connectivity index is 1.55. The van der Waals surface area contributed by atoms with Crippen molar-refractivity contribution in [3.05, 3.63) is 30.0 Å². The number of hydrogen-bond acceptors (Lipinski definition) is 7. The Hall–Kier alpha value is -2.13. The average Bonchev–Trinajstić information content (AvgIpc) is 3.18. The van der Waals surface area contributed by atoms with Crippen LogP contribution in [0.2, 0.25) is 0 Å². The second-order valence-corrected chi connectivity index (χ2v) is 5.46. The van der Waals surface area contributed by atoms with Gasteiger partial charge in [0, 0.05) is 11.6 Å². The van der Waals surface area contributed by atoms with Crippen LogP contribution in [-0.2, 0) is 4.79 Å². The largest absolute Gasteiger partial charge is 0.461 e. The Labute approximate surface area is 121 Å². The zero-order valence-electron chi connectivity index (χ0n) is 10.1. The molecular formula is C11H9N5O2S2. The maximum atomic E-state index is 11.7. The number of rotatable bonds is 5. The Kier molecular flexibility index (Phi) is 3.79. The molecule has 3 aromatic rings. The van der Waals surface area contributed by atoms with E-state index in [1.54, 1.807) is 30.0 Å². The third kappa shape index (κ3) is 3.06. The predicted octanol–water partition coefficient (Wildman–Crippen LogP) is 2.25. The van der Waals surface area contributed by atoms with Crippen molar-refractivity contribution in [1.29, 1.82) is 0 Å². The molecule has 0 saturated heterocycles. The van der Waals surface area contributed by atoms with E-state index < -0.39 is 0 Å².